The van der Waals surface area contributed by atoms with Gasteiger partial charge in [-0.25, -0.2) is 4.98 Å². The molecule has 1 atom stereocenters. The summed E-state index contributed by atoms with van der Waals surface area (Å²) in [7, 11) is 0. The summed E-state index contributed by atoms with van der Waals surface area (Å²) in [6.45, 7) is 8.86. The fourth-order valence-electron chi connectivity index (χ4n) is 2.63. The maximum atomic E-state index is 12.8. The maximum Gasteiger partial charge on any atom is 0.263 e. The number of rotatable bonds is 4. The zero-order valence-corrected chi connectivity index (χ0v) is 15.4. The van der Waals surface area contributed by atoms with Gasteiger partial charge in [-0.05, 0) is 38.8 Å². The van der Waals surface area contributed by atoms with Gasteiger partial charge in [0.05, 0.1) is 5.39 Å². The van der Waals surface area contributed by atoms with Gasteiger partial charge in [-0.2, -0.15) is 0 Å². The number of thiophene rings is 1. The van der Waals surface area contributed by atoms with Gasteiger partial charge in [-0.1, -0.05) is 42.1 Å². The van der Waals surface area contributed by atoms with Crippen LogP contribution in [0.3, 0.4) is 0 Å². The van der Waals surface area contributed by atoms with Crippen LogP contribution in [0.25, 0.3) is 10.2 Å². The van der Waals surface area contributed by atoms with Crippen LogP contribution in [0.2, 0.25) is 0 Å². The predicted molar refractivity (Wildman–Crippen MR) is 99.7 cm³/mol. The van der Waals surface area contributed by atoms with E-state index in [-0.39, 0.29) is 10.8 Å². The van der Waals surface area contributed by atoms with Crippen molar-refractivity contribution in [1.82, 2.24) is 9.55 Å². The van der Waals surface area contributed by atoms with E-state index in [4.69, 9.17) is 4.98 Å². The molecule has 1 aromatic carbocycles. The number of hydrogen-bond acceptors (Lipinski definition) is 4. The molecule has 0 saturated carbocycles. The molecule has 0 aliphatic rings. The van der Waals surface area contributed by atoms with E-state index in [0.717, 1.165) is 20.9 Å². The van der Waals surface area contributed by atoms with Crippen molar-refractivity contribution in [1.29, 1.82) is 0 Å². The Kier molecular flexibility index (Phi) is 4.60. The third-order valence-corrected chi connectivity index (χ3v) is 6.37. The van der Waals surface area contributed by atoms with E-state index in [2.05, 4.69) is 26.0 Å². The third kappa shape index (κ3) is 2.95. The van der Waals surface area contributed by atoms with Gasteiger partial charge in [-0.3, -0.25) is 9.36 Å². The molecule has 3 rings (SSSR count). The Hall–Kier alpha value is -1.59. The molecule has 0 aliphatic carbocycles. The Morgan fingerprint density at radius 3 is 2.61 bits per heavy atom. The lowest BCUT2D eigenvalue weighted by Crippen LogP contribution is -2.22. The van der Waals surface area contributed by atoms with E-state index >= 15 is 0 Å². The molecule has 120 valence electrons. The number of fused-ring (bicyclic) bond motifs is 1. The van der Waals surface area contributed by atoms with Crippen LogP contribution < -0.4 is 5.56 Å². The second kappa shape index (κ2) is 6.49. The molecule has 3 nitrogen and oxygen atoms in total. The van der Waals surface area contributed by atoms with Gasteiger partial charge in [0.15, 0.2) is 5.16 Å². The van der Waals surface area contributed by atoms with Crippen molar-refractivity contribution < 1.29 is 0 Å². The van der Waals surface area contributed by atoms with Crippen LogP contribution in [-0.2, 0) is 6.54 Å². The molecule has 1 unspecified atom stereocenters. The molecule has 23 heavy (non-hydrogen) atoms. The summed E-state index contributed by atoms with van der Waals surface area (Å²) in [4.78, 5) is 19.7. The highest BCUT2D eigenvalue weighted by Crippen LogP contribution is 2.35. The average Bonchev–Trinajstić information content (AvgIpc) is 2.83. The normalized spacial score (nSPS) is 12.7. The molecule has 2 heterocycles. The molecule has 5 heteroatoms. The van der Waals surface area contributed by atoms with Gasteiger partial charge in [0.25, 0.3) is 5.56 Å². The monoisotopic (exact) mass is 344 g/mol. The van der Waals surface area contributed by atoms with Crippen LogP contribution in [0.5, 0.6) is 0 Å². The number of nitrogens with zero attached hydrogens (tertiary/aromatic N) is 2. The van der Waals surface area contributed by atoms with Crippen LogP contribution in [0.1, 0.15) is 35.1 Å². The van der Waals surface area contributed by atoms with Crippen molar-refractivity contribution in [2.45, 2.75) is 44.6 Å². The zero-order valence-electron chi connectivity index (χ0n) is 13.8. The van der Waals surface area contributed by atoms with E-state index in [1.165, 1.54) is 10.4 Å². The van der Waals surface area contributed by atoms with E-state index in [0.29, 0.717) is 6.54 Å². The lowest BCUT2D eigenvalue weighted by molar-refractivity contribution is 0.634. The molecule has 0 fully saturated rings. The van der Waals surface area contributed by atoms with Gasteiger partial charge in [-0.15, -0.1) is 11.3 Å². The van der Waals surface area contributed by atoms with E-state index in [1.807, 2.05) is 32.0 Å². The molecule has 0 aliphatic heterocycles. The van der Waals surface area contributed by atoms with Gasteiger partial charge < -0.3 is 0 Å². The summed E-state index contributed by atoms with van der Waals surface area (Å²) < 4.78 is 1.80. The Balaban J connectivity index is 2.09. The molecule has 0 N–H and O–H groups in total. The van der Waals surface area contributed by atoms with Crippen molar-refractivity contribution in [2.24, 2.45) is 0 Å². The molecule has 0 saturated heterocycles. The predicted octanol–water partition coefficient (Wildman–Crippen LogP) is 4.95. The quantitative estimate of drug-likeness (QED) is 0.496. The number of aryl methyl sites for hydroxylation is 2. The zero-order chi connectivity index (χ0) is 16.6. The van der Waals surface area contributed by atoms with Gasteiger partial charge in [0.1, 0.15) is 4.83 Å². The smallest absolute Gasteiger partial charge is 0.263 e. The molecular formula is C18H20N2OS2. The first-order chi connectivity index (χ1) is 11.0. The maximum absolute atomic E-state index is 12.8. The molecule has 2 aromatic heterocycles. The Labute approximate surface area is 144 Å². The average molecular weight is 345 g/mol. The number of hydrogen-bond donors (Lipinski definition) is 0. The number of thioether (sulfide) groups is 1. The first-order valence-electron chi connectivity index (χ1n) is 7.75. The van der Waals surface area contributed by atoms with Crippen molar-refractivity contribution in [2.75, 3.05) is 0 Å². The SMILES string of the molecule is CCn1c(SC(C)c2ccccc2)nc2sc(C)c(C)c2c1=O. The van der Waals surface area contributed by atoms with Crippen LogP contribution >= 0.6 is 23.1 Å². The minimum atomic E-state index is 0.0853. The van der Waals surface area contributed by atoms with Crippen LogP contribution in [0, 0.1) is 13.8 Å². The van der Waals surface area contributed by atoms with Gasteiger partial charge in [0.2, 0.25) is 0 Å². The molecule has 0 amide bonds. The van der Waals surface area contributed by atoms with Crippen molar-refractivity contribution in [3.05, 3.63) is 56.7 Å². The molecule has 3 aromatic rings. The Morgan fingerprint density at radius 2 is 1.96 bits per heavy atom. The highest BCUT2D eigenvalue weighted by molar-refractivity contribution is 7.99. The number of aromatic nitrogens is 2. The summed E-state index contributed by atoms with van der Waals surface area (Å²) in [5, 5.41) is 1.84. The highest BCUT2D eigenvalue weighted by Gasteiger charge is 2.18. The van der Waals surface area contributed by atoms with Crippen molar-refractivity contribution in [3.63, 3.8) is 0 Å². The standard InChI is InChI=1S/C18H20N2OS2/c1-5-20-17(21)15-11(2)12(3)22-16(15)19-18(20)23-13(4)14-9-7-6-8-10-14/h6-10,13H,5H2,1-4H3. The van der Waals surface area contributed by atoms with Crippen LogP contribution in [0.15, 0.2) is 40.3 Å². The summed E-state index contributed by atoms with van der Waals surface area (Å²) >= 11 is 3.26. The first kappa shape index (κ1) is 16.3. The fraction of sp³-hybridized carbons (Fsp3) is 0.333. The topological polar surface area (TPSA) is 34.9 Å². The minimum Gasteiger partial charge on any atom is -0.287 e. The largest absolute Gasteiger partial charge is 0.287 e. The molecule has 0 radical (unpaired) electrons. The lowest BCUT2D eigenvalue weighted by Gasteiger charge is -2.15. The summed E-state index contributed by atoms with van der Waals surface area (Å²) in [6.07, 6.45) is 0. The summed E-state index contributed by atoms with van der Waals surface area (Å²) in [5.74, 6) is 0. The third-order valence-electron chi connectivity index (χ3n) is 4.12. The first-order valence-corrected chi connectivity index (χ1v) is 9.44. The van der Waals surface area contributed by atoms with Gasteiger partial charge in [0, 0.05) is 16.7 Å². The Morgan fingerprint density at radius 1 is 1.26 bits per heavy atom. The summed E-state index contributed by atoms with van der Waals surface area (Å²) in [5.41, 5.74) is 2.40. The van der Waals surface area contributed by atoms with Crippen molar-refractivity contribution >= 4 is 33.3 Å². The van der Waals surface area contributed by atoms with E-state index < -0.39 is 0 Å². The number of benzene rings is 1. The molecule has 0 bridgehead atoms. The second-order valence-electron chi connectivity index (χ2n) is 5.58. The Bertz CT molecular complexity index is 897. The summed E-state index contributed by atoms with van der Waals surface area (Å²) in [6, 6.07) is 10.3. The van der Waals surface area contributed by atoms with Gasteiger partial charge >= 0.3 is 0 Å². The molecular weight excluding hydrogens is 324 g/mol. The van der Waals surface area contributed by atoms with E-state index in [9.17, 15) is 4.79 Å². The fourth-order valence-corrected chi connectivity index (χ4v) is 4.80. The van der Waals surface area contributed by atoms with E-state index in [1.54, 1.807) is 27.7 Å². The lowest BCUT2D eigenvalue weighted by atomic mass is 10.2. The van der Waals surface area contributed by atoms with Crippen molar-refractivity contribution in [3.8, 4) is 0 Å². The highest BCUT2D eigenvalue weighted by atomic mass is 32.2. The van der Waals surface area contributed by atoms with Crippen LogP contribution in [-0.4, -0.2) is 9.55 Å². The van der Waals surface area contributed by atoms with Crippen LogP contribution in [0.4, 0.5) is 0 Å². The minimum absolute atomic E-state index is 0.0853. The molecule has 0 spiro atoms. The second-order valence-corrected chi connectivity index (χ2v) is 8.09.